The van der Waals surface area contributed by atoms with Crippen molar-refractivity contribution in [2.45, 2.75) is 40.0 Å². The molecule has 2 aromatic rings. The van der Waals surface area contributed by atoms with Gasteiger partial charge in [-0.15, -0.1) is 22.7 Å². The highest BCUT2D eigenvalue weighted by atomic mass is 35.5. The predicted molar refractivity (Wildman–Crippen MR) is 90.4 cm³/mol. The molecule has 0 fully saturated rings. The zero-order chi connectivity index (χ0) is 15.6. The maximum Gasteiger partial charge on any atom is 0.164 e. The van der Waals surface area contributed by atoms with Crippen LogP contribution in [0.5, 0.6) is 0 Å². The minimum absolute atomic E-state index is 0.0710. The molecule has 2 aromatic heterocycles. The molecule has 21 heavy (non-hydrogen) atoms. The van der Waals surface area contributed by atoms with Gasteiger partial charge >= 0.3 is 0 Å². The fraction of sp³-hybridized carbons (Fsp3) is 0.375. The van der Waals surface area contributed by atoms with Crippen molar-refractivity contribution in [3.63, 3.8) is 0 Å². The Kier molecular flexibility index (Phi) is 5.36. The molecule has 0 atom stereocenters. The van der Waals surface area contributed by atoms with Crippen LogP contribution in [0.15, 0.2) is 12.1 Å². The predicted octanol–water partition coefficient (Wildman–Crippen LogP) is 5.62. The lowest BCUT2D eigenvalue weighted by Crippen LogP contribution is -2.03. The van der Waals surface area contributed by atoms with Crippen LogP contribution < -0.4 is 0 Å². The molecule has 2 nitrogen and oxygen atoms in total. The van der Waals surface area contributed by atoms with Gasteiger partial charge in [0.2, 0.25) is 0 Å². The van der Waals surface area contributed by atoms with E-state index in [-0.39, 0.29) is 11.6 Å². The second kappa shape index (κ2) is 6.86. The third-order valence-corrected chi connectivity index (χ3v) is 5.48. The van der Waals surface area contributed by atoms with Gasteiger partial charge in [0.15, 0.2) is 11.6 Å². The summed E-state index contributed by atoms with van der Waals surface area (Å²) in [6.07, 6.45) is 1.39. The number of Topliss-reactive ketones (excluding diaryl/α,β-unsaturated/α-hetero) is 2. The molecular weight excluding hydrogens is 324 g/mol. The lowest BCUT2D eigenvalue weighted by molar-refractivity contribution is 0.0957. The quantitative estimate of drug-likeness (QED) is 0.639. The molecule has 0 aromatic carbocycles. The highest BCUT2D eigenvalue weighted by Gasteiger charge is 2.15. The molecule has 112 valence electrons. The summed E-state index contributed by atoms with van der Waals surface area (Å²) in [6, 6.07) is 3.66. The Hall–Kier alpha value is -0.970. The van der Waals surface area contributed by atoms with E-state index in [1.165, 1.54) is 11.3 Å². The number of hydrogen-bond donors (Lipinski definition) is 0. The van der Waals surface area contributed by atoms with Crippen molar-refractivity contribution in [2.24, 2.45) is 0 Å². The van der Waals surface area contributed by atoms with E-state index < -0.39 is 0 Å². The molecule has 0 unspecified atom stereocenters. The van der Waals surface area contributed by atoms with E-state index in [0.29, 0.717) is 29.2 Å². The molecule has 2 heterocycles. The summed E-state index contributed by atoms with van der Waals surface area (Å²) in [5.41, 5.74) is 1.50. The van der Waals surface area contributed by atoms with E-state index in [2.05, 4.69) is 0 Å². The number of aryl methyl sites for hydroxylation is 3. The third kappa shape index (κ3) is 4.02. The summed E-state index contributed by atoms with van der Waals surface area (Å²) in [7, 11) is 0. The van der Waals surface area contributed by atoms with Crippen LogP contribution in [0.25, 0.3) is 0 Å². The van der Waals surface area contributed by atoms with E-state index in [4.69, 9.17) is 11.6 Å². The average molecular weight is 341 g/mol. The first-order valence-electron chi connectivity index (χ1n) is 6.78. The largest absolute Gasteiger partial charge is 0.294 e. The maximum atomic E-state index is 12.1. The van der Waals surface area contributed by atoms with Crippen molar-refractivity contribution in [2.75, 3.05) is 0 Å². The van der Waals surface area contributed by atoms with Crippen LogP contribution in [-0.4, -0.2) is 11.6 Å². The molecule has 5 heteroatoms. The first-order valence-corrected chi connectivity index (χ1v) is 8.79. The first-order chi connectivity index (χ1) is 9.88. The van der Waals surface area contributed by atoms with E-state index in [1.807, 2.05) is 26.8 Å². The van der Waals surface area contributed by atoms with Crippen LogP contribution in [-0.2, 0) is 0 Å². The van der Waals surface area contributed by atoms with Crippen molar-refractivity contribution < 1.29 is 9.59 Å². The molecule has 0 aliphatic heterocycles. The van der Waals surface area contributed by atoms with Gasteiger partial charge in [-0.1, -0.05) is 11.6 Å². The Labute approximate surface area is 137 Å². The molecule has 0 aliphatic carbocycles. The normalized spacial score (nSPS) is 10.9. The topological polar surface area (TPSA) is 34.1 Å². The lowest BCUT2D eigenvalue weighted by Gasteiger charge is -2.01. The van der Waals surface area contributed by atoms with Crippen molar-refractivity contribution in [1.29, 1.82) is 0 Å². The highest BCUT2D eigenvalue weighted by Crippen LogP contribution is 2.27. The molecule has 0 radical (unpaired) electrons. The third-order valence-electron chi connectivity index (χ3n) is 3.34. The van der Waals surface area contributed by atoms with Crippen molar-refractivity contribution in [3.8, 4) is 0 Å². The molecule has 0 saturated carbocycles. The number of carbonyl (C=O) groups is 2. The second-order valence-electron chi connectivity index (χ2n) is 5.05. The Morgan fingerprint density at radius 1 is 0.952 bits per heavy atom. The first kappa shape index (κ1) is 16.4. The van der Waals surface area contributed by atoms with Crippen LogP contribution in [0.3, 0.4) is 0 Å². The fourth-order valence-corrected chi connectivity index (χ4v) is 4.46. The van der Waals surface area contributed by atoms with Crippen molar-refractivity contribution in [1.82, 2.24) is 0 Å². The fourth-order valence-electron chi connectivity index (χ4n) is 2.31. The second-order valence-corrected chi connectivity index (χ2v) is 8.40. The Morgan fingerprint density at radius 3 is 1.90 bits per heavy atom. The number of carbonyl (C=O) groups excluding carboxylic acids is 2. The highest BCUT2D eigenvalue weighted by molar-refractivity contribution is 7.16. The van der Waals surface area contributed by atoms with E-state index in [9.17, 15) is 9.59 Å². The molecule has 0 aliphatic rings. The summed E-state index contributed by atoms with van der Waals surface area (Å²) in [5.74, 6) is 0.200. The smallest absolute Gasteiger partial charge is 0.164 e. The summed E-state index contributed by atoms with van der Waals surface area (Å²) in [5, 5.41) is 0. The standard InChI is InChI=1S/C16H17ClO2S2/c1-9-7-12(10(2)20-9)14(18)5-4-6-15(19)13-8-16(17)21-11(13)3/h7-8H,4-6H2,1-3H3. The minimum atomic E-state index is 0.0710. The summed E-state index contributed by atoms with van der Waals surface area (Å²) in [6.45, 7) is 5.86. The van der Waals surface area contributed by atoms with E-state index in [1.54, 1.807) is 17.4 Å². The summed E-state index contributed by atoms with van der Waals surface area (Å²) < 4.78 is 0.635. The molecule has 0 N–H and O–H groups in total. The molecule has 0 spiro atoms. The van der Waals surface area contributed by atoms with Gasteiger partial charge in [-0.25, -0.2) is 0 Å². The van der Waals surface area contributed by atoms with Gasteiger partial charge in [-0.05, 0) is 39.3 Å². The maximum absolute atomic E-state index is 12.1. The van der Waals surface area contributed by atoms with Crippen LogP contribution in [0.2, 0.25) is 4.34 Å². The monoisotopic (exact) mass is 340 g/mol. The molecule has 0 bridgehead atoms. The zero-order valence-corrected chi connectivity index (χ0v) is 14.7. The molecular formula is C16H17ClO2S2. The van der Waals surface area contributed by atoms with Gasteiger partial charge in [0, 0.05) is 38.6 Å². The van der Waals surface area contributed by atoms with Gasteiger partial charge in [-0.3, -0.25) is 9.59 Å². The van der Waals surface area contributed by atoms with Gasteiger partial charge in [0.05, 0.1) is 4.34 Å². The van der Waals surface area contributed by atoms with Gasteiger partial charge < -0.3 is 0 Å². The Balaban J connectivity index is 1.90. The van der Waals surface area contributed by atoms with E-state index >= 15 is 0 Å². The molecule has 0 saturated heterocycles. The Morgan fingerprint density at radius 2 is 1.48 bits per heavy atom. The summed E-state index contributed by atoms with van der Waals surface area (Å²) >= 11 is 8.96. The number of hydrogen-bond acceptors (Lipinski definition) is 4. The number of rotatable bonds is 6. The van der Waals surface area contributed by atoms with Gasteiger partial charge in [0.25, 0.3) is 0 Å². The number of ketones is 2. The molecule has 2 rings (SSSR count). The van der Waals surface area contributed by atoms with Crippen LogP contribution in [0.4, 0.5) is 0 Å². The van der Waals surface area contributed by atoms with Gasteiger partial charge in [0.1, 0.15) is 0 Å². The average Bonchev–Trinajstić information content (AvgIpc) is 2.91. The van der Waals surface area contributed by atoms with Crippen LogP contribution >= 0.6 is 34.3 Å². The zero-order valence-electron chi connectivity index (χ0n) is 12.3. The lowest BCUT2D eigenvalue weighted by atomic mass is 10.0. The SMILES string of the molecule is Cc1cc(C(=O)CCCC(=O)c2cc(Cl)sc2C)c(C)s1. The van der Waals surface area contributed by atoms with Crippen LogP contribution in [0, 0.1) is 20.8 Å². The minimum Gasteiger partial charge on any atom is -0.294 e. The van der Waals surface area contributed by atoms with Crippen LogP contribution in [0.1, 0.15) is 54.6 Å². The van der Waals surface area contributed by atoms with Crippen molar-refractivity contribution in [3.05, 3.63) is 42.2 Å². The Bertz CT molecular complexity index is 624. The van der Waals surface area contributed by atoms with Gasteiger partial charge in [-0.2, -0.15) is 0 Å². The number of halogens is 1. The summed E-state index contributed by atoms with van der Waals surface area (Å²) in [4.78, 5) is 27.4. The van der Waals surface area contributed by atoms with E-state index in [0.717, 1.165) is 20.2 Å². The van der Waals surface area contributed by atoms with Crippen molar-refractivity contribution >= 4 is 45.8 Å². The molecule has 0 amide bonds. The number of thiophene rings is 2.